The Hall–Kier alpha value is -7.06. The van der Waals surface area contributed by atoms with Gasteiger partial charge in [-0.3, -0.25) is 0 Å². The first-order valence-corrected chi connectivity index (χ1v) is 21.4. The van der Waals surface area contributed by atoms with Crippen LogP contribution in [0.1, 0.15) is 106 Å². The van der Waals surface area contributed by atoms with Crippen molar-refractivity contribution in [2.24, 2.45) is 0 Å². The summed E-state index contributed by atoms with van der Waals surface area (Å²) in [6.07, 6.45) is 25.3. The predicted molar refractivity (Wildman–Crippen MR) is 248 cm³/mol. The highest BCUT2D eigenvalue weighted by Gasteiger charge is 2.02. The van der Waals surface area contributed by atoms with Crippen molar-refractivity contribution in [3.8, 4) is 70.9 Å². The maximum absolute atomic E-state index is 12.3. The third-order valence-electron chi connectivity index (χ3n) is 9.30. The second kappa shape index (κ2) is 30.0. The van der Waals surface area contributed by atoms with Crippen molar-refractivity contribution in [2.75, 3.05) is 26.4 Å². The number of carbonyl (C=O) groups excluding carboxylic acids is 2. The lowest BCUT2D eigenvalue weighted by atomic mass is 10.1. The molecule has 0 heterocycles. The highest BCUT2D eigenvalue weighted by atomic mass is 16.5. The molecule has 0 aliphatic heterocycles. The summed E-state index contributed by atoms with van der Waals surface area (Å²) in [6, 6.07) is 29.2. The Morgan fingerprint density at radius 3 is 1.69 bits per heavy atom. The van der Waals surface area contributed by atoms with Gasteiger partial charge in [0.1, 0.15) is 36.2 Å². The Balaban J connectivity index is 1.02. The molecule has 0 aliphatic carbocycles. The van der Waals surface area contributed by atoms with E-state index in [0.717, 1.165) is 80.6 Å². The van der Waals surface area contributed by atoms with Gasteiger partial charge >= 0.3 is 11.9 Å². The minimum Gasteiger partial charge on any atom is -0.494 e. The number of unbranched alkanes of at least 4 members (excludes halogenated alkanes) is 11. The molecule has 62 heavy (non-hydrogen) atoms. The van der Waals surface area contributed by atoms with Gasteiger partial charge in [0, 0.05) is 35.0 Å². The van der Waals surface area contributed by atoms with Gasteiger partial charge in [0.2, 0.25) is 0 Å². The Morgan fingerprint density at radius 2 is 1.05 bits per heavy atom. The average Bonchev–Trinajstić information content (AvgIpc) is 3.30. The summed E-state index contributed by atoms with van der Waals surface area (Å²) in [5.74, 6) is 20.8. The number of allylic oxidation sites excluding steroid dienone is 1. The molecule has 0 amide bonds. The van der Waals surface area contributed by atoms with Crippen molar-refractivity contribution in [1.82, 2.24) is 0 Å². The fourth-order valence-electron chi connectivity index (χ4n) is 5.86. The smallest absolute Gasteiger partial charge is 0.390 e. The van der Waals surface area contributed by atoms with Gasteiger partial charge in [0.25, 0.3) is 0 Å². The zero-order valence-corrected chi connectivity index (χ0v) is 35.6. The van der Waals surface area contributed by atoms with Gasteiger partial charge in [-0.05, 0) is 123 Å². The van der Waals surface area contributed by atoms with E-state index in [1.165, 1.54) is 32.1 Å². The highest BCUT2D eigenvalue weighted by molar-refractivity contribution is 5.91. The molecule has 4 aromatic rings. The van der Waals surface area contributed by atoms with E-state index < -0.39 is 11.9 Å². The number of hydrogen-bond donors (Lipinski definition) is 0. The molecule has 0 N–H and O–H groups in total. The molecule has 7 heteroatoms. The number of terminal acetylenes is 1. The largest absolute Gasteiger partial charge is 0.494 e. The van der Waals surface area contributed by atoms with E-state index in [-0.39, 0.29) is 6.61 Å². The van der Waals surface area contributed by atoms with Gasteiger partial charge < -0.3 is 23.7 Å². The van der Waals surface area contributed by atoms with E-state index in [2.05, 4.69) is 60.2 Å². The summed E-state index contributed by atoms with van der Waals surface area (Å²) in [6.45, 7) is 5.56. The first-order valence-electron chi connectivity index (χ1n) is 21.4. The first-order chi connectivity index (χ1) is 30.5. The van der Waals surface area contributed by atoms with E-state index in [9.17, 15) is 9.59 Å². The molecule has 0 unspecified atom stereocenters. The maximum Gasteiger partial charge on any atom is 0.390 e. The normalized spacial score (nSPS) is 10.1. The summed E-state index contributed by atoms with van der Waals surface area (Å²) < 4.78 is 27.9. The summed E-state index contributed by atoms with van der Waals surface area (Å²) in [7, 11) is 0. The van der Waals surface area contributed by atoms with Crippen LogP contribution in [0, 0.1) is 47.9 Å². The molecule has 0 saturated carbocycles. The molecule has 4 rings (SSSR count). The van der Waals surface area contributed by atoms with Gasteiger partial charge in [0.15, 0.2) is 0 Å². The third kappa shape index (κ3) is 21.3. The Labute approximate surface area is 368 Å². The number of hydrogen-bond acceptors (Lipinski definition) is 7. The molecule has 0 spiro atoms. The second-order valence-electron chi connectivity index (χ2n) is 14.2. The second-order valence-corrected chi connectivity index (χ2v) is 14.2. The average molecular weight is 829 g/mol. The lowest BCUT2D eigenvalue weighted by Gasteiger charge is -2.06. The van der Waals surface area contributed by atoms with Gasteiger partial charge in [-0.2, -0.15) is 0 Å². The van der Waals surface area contributed by atoms with Crippen LogP contribution in [0.4, 0.5) is 0 Å². The molecule has 0 aliphatic rings. The molecule has 0 atom stereocenters. The van der Waals surface area contributed by atoms with Crippen LogP contribution in [0.15, 0.2) is 116 Å². The van der Waals surface area contributed by atoms with E-state index in [4.69, 9.17) is 30.1 Å². The van der Waals surface area contributed by atoms with Gasteiger partial charge in [0.05, 0.1) is 13.2 Å². The lowest BCUT2D eigenvalue weighted by Crippen LogP contribution is -2.04. The highest BCUT2D eigenvalue weighted by Crippen LogP contribution is 2.16. The van der Waals surface area contributed by atoms with E-state index in [1.807, 2.05) is 54.6 Å². The number of esters is 2. The Kier molecular flexibility index (Phi) is 23.1. The van der Waals surface area contributed by atoms with Crippen LogP contribution < -0.4 is 18.9 Å². The van der Waals surface area contributed by atoms with E-state index in [1.54, 1.807) is 48.5 Å². The standard InChI is InChI=1S/C55H56O7/c1-3-5-6-7-11-16-19-44-61-54(56)40-30-48-24-36-52(37-25-48)60-45-20-21-47-28-38-53(39-29-47)62-55(57)41-31-49-26-34-51(35-27-49)59-43-18-15-13-10-8-9-12-14-17-42-58-50-32-22-46(4-2)23-33-50/h1,4,15,18,22-29,32-39H,2,5-14,16-17,19,42-45H2/b18-15+. The molecule has 0 aromatic heterocycles. The fraction of sp³-hybridized carbons (Fsp3) is 0.309. The number of carbonyl (C=O) groups is 2. The van der Waals surface area contributed by atoms with Crippen molar-refractivity contribution >= 4 is 18.0 Å². The molecular formula is C55H56O7. The molecule has 7 nitrogen and oxygen atoms in total. The summed E-state index contributed by atoms with van der Waals surface area (Å²) >= 11 is 0. The molecular weight excluding hydrogens is 773 g/mol. The first kappa shape index (κ1) is 47.6. The van der Waals surface area contributed by atoms with Crippen molar-refractivity contribution in [3.05, 3.63) is 138 Å². The lowest BCUT2D eigenvalue weighted by molar-refractivity contribution is -0.136. The maximum atomic E-state index is 12.3. The molecule has 0 bridgehead atoms. The van der Waals surface area contributed by atoms with E-state index in [0.29, 0.717) is 35.8 Å². The SMILES string of the molecule is C#CCCCCCCCOC(=O)C#Cc1ccc(OCC#Cc2ccc(OC(=O)C#Cc3ccc(OC/C=C/CCCCCCCCOc4ccc(C=C)cc4)cc3)cc2)cc1. The number of ether oxygens (including phenoxy) is 5. The quantitative estimate of drug-likeness (QED) is 0.0229. The van der Waals surface area contributed by atoms with Crippen molar-refractivity contribution < 1.29 is 33.3 Å². The van der Waals surface area contributed by atoms with Crippen molar-refractivity contribution in [3.63, 3.8) is 0 Å². The Bertz CT molecular complexity index is 2210. The summed E-state index contributed by atoms with van der Waals surface area (Å²) in [4.78, 5) is 24.3. The molecule has 0 saturated heterocycles. The molecule has 0 fully saturated rings. The van der Waals surface area contributed by atoms with Crippen LogP contribution in [-0.2, 0) is 14.3 Å². The Morgan fingerprint density at radius 1 is 0.532 bits per heavy atom. The third-order valence-corrected chi connectivity index (χ3v) is 9.30. The minimum absolute atomic E-state index is 0.171. The van der Waals surface area contributed by atoms with Gasteiger partial charge in [-0.15, -0.1) is 12.3 Å². The monoisotopic (exact) mass is 828 g/mol. The van der Waals surface area contributed by atoms with Gasteiger partial charge in [-0.25, -0.2) is 9.59 Å². The topological polar surface area (TPSA) is 80.3 Å². The summed E-state index contributed by atoms with van der Waals surface area (Å²) in [5, 5.41) is 0. The number of rotatable bonds is 24. The zero-order chi connectivity index (χ0) is 43.7. The van der Waals surface area contributed by atoms with Crippen LogP contribution in [0.25, 0.3) is 6.08 Å². The van der Waals surface area contributed by atoms with Crippen LogP contribution >= 0.6 is 0 Å². The van der Waals surface area contributed by atoms with Crippen LogP contribution in [-0.4, -0.2) is 38.4 Å². The number of benzene rings is 4. The summed E-state index contributed by atoms with van der Waals surface area (Å²) in [5.41, 5.74) is 3.19. The minimum atomic E-state index is -0.662. The molecule has 4 aromatic carbocycles. The van der Waals surface area contributed by atoms with Crippen LogP contribution in [0.3, 0.4) is 0 Å². The van der Waals surface area contributed by atoms with Crippen molar-refractivity contribution in [1.29, 1.82) is 0 Å². The fourth-order valence-corrected chi connectivity index (χ4v) is 5.86. The zero-order valence-electron chi connectivity index (χ0n) is 35.6. The van der Waals surface area contributed by atoms with E-state index >= 15 is 0 Å². The molecule has 318 valence electrons. The van der Waals surface area contributed by atoms with Crippen LogP contribution in [0.5, 0.6) is 23.0 Å². The van der Waals surface area contributed by atoms with Crippen LogP contribution in [0.2, 0.25) is 0 Å². The molecule has 0 radical (unpaired) electrons. The van der Waals surface area contributed by atoms with Crippen molar-refractivity contribution in [2.45, 2.75) is 83.5 Å². The predicted octanol–water partition coefficient (Wildman–Crippen LogP) is 11.3. The van der Waals surface area contributed by atoms with Gasteiger partial charge in [-0.1, -0.05) is 106 Å².